The van der Waals surface area contributed by atoms with E-state index in [2.05, 4.69) is 4.18 Å². The molecule has 0 aromatic heterocycles. The summed E-state index contributed by atoms with van der Waals surface area (Å²) in [6.07, 6.45) is 3.11. The molecule has 1 saturated heterocycles. The van der Waals surface area contributed by atoms with Crippen molar-refractivity contribution in [1.82, 2.24) is 4.90 Å². The van der Waals surface area contributed by atoms with Gasteiger partial charge in [0.15, 0.2) is 0 Å². The zero-order chi connectivity index (χ0) is 14.7. The summed E-state index contributed by atoms with van der Waals surface area (Å²) in [6.45, 7) is 6.47. The molecule has 0 atom stereocenters. The normalized spacial score (nSPS) is 17.1. The number of amides is 1. The standard InChI is InChI=1S/C12H21NO5S/c1-12(2,3)18-11(14)13-7-5-10(6-8-13)9-17-19(4,15)16/h9H,5-8H2,1-4H3. The van der Waals surface area contributed by atoms with Gasteiger partial charge in [-0.1, -0.05) is 0 Å². The lowest BCUT2D eigenvalue weighted by Gasteiger charge is -2.30. The van der Waals surface area contributed by atoms with Crippen LogP contribution in [0.1, 0.15) is 33.6 Å². The first kappa shape index (κ1) is 15.8. The highest BCUT2D eigenvalue weighted by Gasteiger charge is 2.24. The fourth-order valence-corrected chi connectivity index (χ4v) is 1.89. The van der Waals surface area contributed by atoms with Crippen molar-refractivity contribution in [3.05, 3.63) is 11.8 Å². The highest BCUT2D eigenvalue weighted by atomic mass is 32.2. The summed E-state index contributed by atoms with van der Waals surface area (Å²) >= 11 is 0. The summed E-state index contributed by atoms with van der Waals surface area (Å²) in [7, 11) is -3.46. The smallest absolute Gasteiger partial charge is 0.410 e. The van der Waals surface area contributed by atoms with E-state index in [1.807, 2.05) is 20.8 Å². The molecule has 6 nitrogen and oxygen atoms in total. The predicted octanol–water partition coefficient (Wildman–Crippen LogP) is 1.88. The van der Waals surface area contributed by atoms with Crippen LogP contribution in [-0.2, 0) is 19.0 Å². The van der Waals surface area contributed by atoms with E-state index in [9.17, 15) is 13.2 Å². The van der Waals surface area contributed by atoms with E-state index in [-0.39, 0.29) is 6.09 Å². The Morgan fingerprint density at radius 3 is 2.21 bits per heavy atom. The fraction of sp³-hybridized carbons (Fsp3) is 0.750. The van der Waals surface area contributed by atoms with Crippen molar-refractivity contribution in [2.75, 3.05) is 19.3 Å². The quantitative estimate of drug-likeness (QED) is 0.573. The molecule has 0 unspecified atom stereocenters. The second-order valence-corrected chi connectivity index (χ2v) is 7.14. The monoisotopic (exact) mass is 291 g/mol. The van der Waals surface area contributed by atoms with Crippen LogP contribution in [0.5, 0.6) is 0 Å². The summed E-state index contributed by atoms with van der Waals surface area (Å²) in [5.41, 5.74) is 0.373. The zero-order valence-corrected chi connectivity index (χ0v) is 12.6. The van der Waals surface area contributed by atoms with E-state index in [1.54, 1.807) is 4.90 Å². The highest BCUT2D eigenvalue weighted by Crippen LogP contribution is 2.19. The molecule has 0 aromatic rings. The van der Waals surface area contributed by atoms with E-state index in [1.165, 1.54) is 6.26 Å². The Morgan fingerprint density at radius 2 is 1.79 bits per heavy atom. The summed E-state index contributed by atoms with van der Waals surface area (Å²) in [4.78, 5) is 13.4. The molecule has 0 N–H and O–H groups in total. The van der Waals surface area contributed by atoms with E-state index in [0.717, 1.165) is 11.8 Å². The third-order valence-corrected chi connectivity index (χ3v) is 2.89. The van der Waals surface area contributed by atoms with Crippen molar-refractivity contribution in [3.63, 3.8) is 0 Å². The van der Waals surface area contributed by atoms with Crippen LogP contribution in [0.4, 0.5) is 4.79 Å². The van der Waals surface area contributed by atoms with Gasteiger partial charge in [-0.3, -0.25) is 0 Å². The number of piperidine rings is 1. The predicted molar refractivity (Wildman–Crippen MR) is 71.1 cm³/mol. The second kappa shape index (κ2) is 5.81. The molecule has 1 heterocycles. The fourth-order valence-electron chi connectivity index (χ4n) is 1.58. The van der Waals surface area contributed by atoms with Gasteiger partial charge >= 0.3 is 16.2 Å². The molecule has 1 fully saturated rings. The van der Waals surface area contributed by atoms with Gasteiger partial charge in [-0.2, -0.15) is 8.42 Å². The van der Waals surface area contributed by atoms with E-state index in [0.29, 0.717) is 25.9 Å². The van der Waals surface area contributed by atoms with Crippen LogP contribution in [0.15, 0.2) is 11.8 Å². The van der Waals surface area contributed by atoms with E-state index >= 15 is 0 Å². The molecular formula is C12H21NO5S. The maximum absolute atomic E-state index is 11.8. The number of carbonyl (C=O) groups excluding carboxylic acids is 1. The number of carbonyl (C=O) groups is 1. The van der Waals surface area contributed by atoms with Gasteiger partial charge in [-0.05, 0) is 39.2 Å². The summed E-state index contributed by atoms with van der Waals surface area (Å²) in [6, 6.07) is 0. The molecule has 1 aliphatic rings. The maximum atomic E-state index is 11.8. The van der Waals surface area contributed by atoms with Crippen molar-refractivity contribution in [2.24, 2.45) is 0 Å². The van der Waals surface area contributed by atoms with Crippen LogP contribution in [-0.4, -0.2) is 44.4 Å². The Hall–Kier alpha value is -1.24. The number of likely N-dealkylation sites (tertiary alicyclic amines) is 1. The molecule has 0 spiro atoms. The van der Waals surface area contributed by atoms with Gasteiger partial charge < -0.3 is 13.8 Å². The molecule has 0 aliphatic carbocycles. The van der Waals surface area contributed by atoms with Gasteiger partial charge in [-0.15, -0.1) is 0 Å². The van der Waals surface area contributed by atoms with Crippen LogP contribution in [0.2, 0.25) is 0 Å². The van der Waals surface area contributed by atoms with Crippen molar-refractivity contribution >= 4 is 16.2 Å². The van der Waals surface area contributed by atoms with Crippen LogP contribution < -0.4 is 0 Å². The largest absolute Gasteiger partial charge is 0.444 e. The van der Waals surface area contributed by atoms with Gasteiger partial charge in [0.1, 0.15) is 11.9 Å². The van der Waals surface area contributed by atoms with E-state index in [4.69, 9.17) is 4.74 Å². The molecule has 110 valence electrons. The van der Waals surface area contributed by atoms with Crippen molar-refractivity contribution in [2.45, 2.75) is 39.2 Å². The molecule has 0 aromatic carbocycles. The lowest BCUT2D eigenvalue weighted by Crippen LogP contribution is -2.40. The molecule has 1 amide bonds. The molecule has 19 heavy (non-hydrogen) atoms. The van der Waals surface area contributed by atoms with Crippen LogP contribution in [0, 0.1) is 0 Å². The Bertz CT molecular complexity index is 451. The number of ether oxygens (including phenoxy) is 1. The Kier molecular flexibility index (Phi) is 4.84. The third-order valence-electron chi connectivity index (χ3n) is 2.45. The number of hydrogen-bond donors (Lipinski definition) is 0. The average Bonchev–Trinajstić information content (AvgIpc) is 2.23. The number of nitrogens with zero attached hydrogens (tertiary/aromatic N) is 1. The minimum Gasteiger partial charge on any atom is -0.444 e. The minimum absolute atomic E-state index is 0.337. The number of hydrogen-bond acceptors (Lipinski definition) is 5. The van der Waals surface area contributed by atoms with Crippen LogP contribution >= 0.6 is 0 Å². The van der Waals surface area contributed by atoms with Gasteiger partial charge in [0, 0.05) is 13.1 Å². The first-order valence-electron chi connectivity index (χ1n) is 6.11. The summed E-state index contributed by atoms with van der Waals surface area (Å²) in [5, 5.41) is 0. The zero-order valence-electron chi connectivity index (χ0n) is 11.8. The summed E-state index contributed by atoms with van der Waals surface area (Å²) < 4.78 is 31.6. The van der Waals surface area contributed by atoms with Crippen LogP contribution in [0.25, 0.3) is 0 Å². The lowest BCUT2D eigenvalue weighted by molar-refractivity contribution is 0.0235. The lowest BCUT2D eigenvalue weighted by atomic mass is 10.1. The molecule has 0 saturated carbocycles. The van der Waals surface area contributed by atoms with E-state index < -0.39 is 15.7 Å². The first-order valence-corrected chi connectivity index (χ1v) is 7.92. The number of rotatable bonds is 2. The Balaban J connectivity index is 2.47. The molecule has 1 aliphatic heterocycles. The van der Waals surface area contributed by atoms with Gasteiger partial charge in [0.2, 0.25) is 0 Å². The Labute approximate surface area is 114 Å². The molecule has 1 rings (SSSR count). The van der Waals surface area contributed by atoms with Gasteiger partial charge in [0.25, 0.3) is 0 Å². The second-order valence-electron chi connectivity index (χ2n) is 5.54. The van der Waals surface area contributed by atoms with Crippen LogP contribution in [0.3, 0.4) is 0 Å². The molecule has 0 radical (unpaired) electrons. The summed E-state index contributed by atoms with van der Waals surface area (Å²) in [5.74, 6) is 0. The SMILES string of the molecule is CC(C)(C)OC(=O)N1CCC(=COS(C)(=O)=O)CC1. The maximum Gasteiger partial charge on any atom is 0.410 e. The molecule has 7 heteroatoms. The topological polar surface area (TPSA) is 72.9 Å². The molecular weight excluding hydrogens is 270 g/mol. The van der Waals surface area contributed by atoms with Gasteiger partial charge in [0.05, 0.1) is 6.26 Å². The van der Waals surface area contributed by atoms with Crippen molar-refractivity contribution < 1.29 is 22.1 Å². The molecule has 0 bridgehead atoms. The minimum atomic E-state index is -3.46. The first-order chi connectivity index (χ1) is 8.57. The highest BCUT2D eigenvalue weighted by molar-refractivity contribution is 7.86. The van der Waals surface area contributed by atoms with Crippen molar-refractivity contribution in [3.8, 4) is 0 Å². The van der Waals surface area contributed by atoms with Gasteiger partial charge in [-0.25, -0.2) is 4.79 Å². The van der Waals surface area contributed by atoms with Crippen molar-refractivity contribution in [1.29, 1.82) is 0 Å². The Morgan fingerprint density at radius 1 is 1.26 bits per heavy atom. The third kappa shape index (κ3) is 6.47. The average molecular weight is 291 g/mol.